The van der Waals surface area contributed by atoms with Gasteiger partial charge < -0.3 is 35.4 Å². The average Bonchev–Trinajstić information content (AvgIpc) is 3.19. The fourth-order valence-electron chi connectivity index (χ4n) is 4.02. The van der Waals surface area contributed by atoms with Crippen LogP contribution in [0, 0.1) is 0 Å². The van der Waals surface area contributed by atoms with Crippen molar-refractivity contribution in [1.82, 2.24) is 20.2 Å². The Morgan fingerprint density at radius 2 is 1.46 bits per heavy atom. The molecule has 15 heteroatoms. The smallest absolute Gasteiger partial charge is 0.327 e. The van der Waals surface area contributed by atoms with Crippen molar-refractivity contribution < 1.29 is 39.3 Å². The Balaban J connectivity index is 2.13. The van der Waals surface area contributed by atoms with Crippen molar-refractivity contribution in [3.63, 3.8) is 0 Å². The zero-order chi connectivity index (χ0) is 30.5. The molecule has 2 amide bonds. The van der Waals surface area contributed by atoms with Crippen LogP contribution in [0.3, 0.4) is 0 Å². The standard InChI is InChI=1S/C26H37N5O8S2/c1-16(32)27-20(25(36)37)14-40-11-9-31(10-12-41-15-21(26(38)39)28-17(2)33)18-7-8-22-19(13-18)29-23(30(22)3)5-4-6-24(34)35/h7-8,13,20-21H,4-6,9-12,14-15H2,1-3H3,(H,27,32)(H,28,33)(H,34,35)(H,36,37)(H,38,39)/t20-,21-/m1/s1. The number of rotatable bonds is 19. The van der Waals surface area contributed by atoms with Crippen molar-refractivity contribution in [3.8, 4) is 0 Å². The minimum absolute atomic E-state index is 0.0624. The molecule has 0 aliphatic rings. The number of fused-ring (bicyclic) bond motifs is 1. The maximum atomic E-state index is 11.4. The highest BCUT2D eigenvalue weighted by molar-refractivity contribution is 7.99. The van der Waals surface area contributed by atoms with E-state index in [2.05, 4.69) is 15.5 Å². The number of hydrogen-bond acceptors (Lipinski definition) is 9. The Labute approximate surface area is 246 Å². The number of hydrogen-bond donors (Lipinski definition) is 5. The number of carboxylic acid groups (broad SMARTS) is 3. The van der Waals surface area contributed by atoms with Gasteiger partial charge in [0.2, 0.25) is 11.8 Å². The molecule has 0 aliphatic carbocycles. The lowest BCUT2D eigenvalue weighted by molar-refractivity contribution is -0.141. The van der Waals surface area contributed by atoms with E-state index < -0.39 is 41.8 Å². The molecule has 1 aromatic carbocycles. The molecule has 0 bridgehead atoms. The fraction of sp³-hybridized carbons (Fsp3) is 0.538. The number of nitrogens with zero attached hydrogens (tertiary/aromatic N) is 3. The van der Waals surface area contributed by atoms with Gasteiger partial charge in [-0.25, -0.2) is 14.6 Å². The normalized spacial score (nSPS) is 12.5. The number of aryl methyl sites for hydroxylation is 2. The predicted molar refractivity (Wildman–Crippen MR) is 159 cm³/mol. The van der Waals surface area contributed by atoms with Gasteiger partial charge in [0.25, 0.3) is 0 Å². The number of amides is 2. The molecular formula is C26H37N5O8S2. The summed E-state index contributed by atoms with van der Waals surface area (Å²) >= 11 is 2.79. The summed E-state index contributed by atoms with van der Waals surface area (Å²) in [7, 11) is 1.89. The van der Waals surface area contributed by atoms with Crippen LogP contribution in [0.5, 0.6) is 0 Å². The lowest BCUT2D eigenvalue weighted by atomic mass is 10.2. The van der Waals surface area contributed by atoms with E-state index in [-0.39, 0.29) is 17.9 Å². The number of carbonyl (C=O) groups excluding carboxylic acids is 2. The molecule has 41 heavy (non-hydrogen) atoms. The van der Waals surface area contributed by atoms with Gasteiger partial charge in [-0.05, 0) is 24.6 Å². The average molecular weight is 612 g/mol. The maximum absolute atomic E-state index is 11.4. The van der Waals surface area contributed by atoms with Gasteiger partial charge in [0, 0.05) is 75.5 Å². The first kappa shape index (κ1) is 33.7. The molecule has 0 spiro atoms. The first-order chi connectivity index (χ1) is 19.4. The molecule has 0 radical (unpaired) electrons. The molecule has 2 aromatic rings. The Morgan fingerprint density at radius 1 is 0.927 bits per heavy atom. The molecule has 226 valence electrons. The van der Waals surface area contributed by atoms with Crippen molar-refractivity contribution in [2.45, 2.75) is 45.2 Å². The molecule has 2 rings (SSSR count). The summed E-state index contributed by atoms with van der Waals surface area (Å²) < 4.78 is 1.94. The number of imidazole rings is 1. The number of aromatic nitrogens is 2. The van der Waals surface area contributed by atoms with E-state index in [1.807, 2.05) is 29.8 Å². The van der Waals surface area contributed by atoms with Crippen LogP contribution >= 0.6 is 23.5 Å². The third-order valence-electron chi connectivity index (χ3n) is 6.04. The minimum atomic E-state index is -1.10. The summed E-state index contributed by atoms with van der Waals surface area (Å²) in [5.74, 6) is -1.57. The maximum Gasteiger partial charge on any atom is 0.327 e. The van der Waals surface area contributed by atoms with Crippen LogP contribution in [0.15, 0.2) is 18.2 Å². The zero-order valence-corrected chi connectivity index (χ0v) is 24.9. The van der Waals surface area contributed by atoms with Crippen LogP contribution in [-0.4, -0.2) is 103 Å². The molecule has 1 heterocycles. The first-order valence-electron chi connectivity index (χ1n) is 13.0. The lowest BCUT2D eigenvalue weighted by Crippen LogP contribution is -2.42. The first-order valence-corrected chi connectivity index (χ1v) is 15.3. The van der Waals surface area contributed by atoms with Crippen LogP contribution in [0.25, 0.3) is 11.0 Å². The van der Waals surface area contributed by atoms with Gasteiger partial charge in [0.15, 0.2) is 0 Å². The topological polar surface area (TPSA) is 191 Å². The highest BCUT2D eigenvalue weighted by Gasteiger charge is 2.20. The van der Waals surface area contributed by atoms with Crippen molar-refractivity contribution in [1.29, 1.82) is 0 Å². The highest BCUT2D eigenvalue weighted by Crippen LogP contribution is 2.24. The van der Waals surface area contributed by atoms with E-state index in [0.717, 1.165) is 22.5 Å². The monoisotopic (exact) mass is 611 g/mol. The molecule has 0 fully saturated rings. The van der Waals surface area contributed by atoms with Crippen LogP contribution in [0.2, 0.25) is 0 Å². The second-order valence-electron chi connectivity index (χ2n) is 9.33. The van der Waals surface area contributed by atoms with Crippen molar-refractivity contribution >= 4 is 70.0 Å². The summed E-state index contributed by atoms with van der Waals surface area (Å²) in [6.45, 7) is 3.64. The molecule has 0 aliphatic heterocycles. The van der Waals surface area contributed by atoms with Gasteiger partial charge in [-0.2, -0.15) is 23.5 Å². The summed E-state index contributed by atoms with van der Waals surface area (Å²) in [5.41, 5.74) is 2.54. The van der Waals surface area contributed by atoms with Crippen LogP contribution in [0.4, 0.5) is 5.69 Å². The molecular weight excluding hydrogens is 574 g/mol. The van der Waals surface area contributed by atoms with Crippen LogP contribution < -0.4 is 15.5 Å². The number of nitrogens with one attached hydrogen (secondary N) is 2. The number of aliphatic carboxylic acids is 3. The summed E-state index contributed by atoms with van der Waals surface area (Å²) in [6.07, 6.45) is 1.07. The van der Waals surface area contributed by atoms with Crippen molar-refractivity contribution in [2.75, 3.05) is 41.0 Å². The molecule has 0 saturated heterocycles. The van der Waals surface area contributed by atoms with E-state index in [9.17, 15) is 34.2 Å². The molecule has 13 nitrogen and oxygen atoms in total. The quantitative estimate of drug-likeness (QED) is 0.144. The van der Waals surface area contributed by atoms with Gasteiger partial charge in [-0.1, -0.05) is 0 Å². The lowest BCUT2D eigenvalue weighted by Gasteiger charge is -2.25. The van der Waals surface area contributed by atoms with E-state index in [1.165, 1.54) is 37.4 Å². The Morgan fingerprint density at radius 3 is 1.93 bits per heavy atom. The Kier molecular flexibility index (Phi) is 13.8. The van der Waals surface area contributed by atoms with E-state index in [0.29, 0.717) is 37.4 Å². The van der Waals surface area contributed by atoms with E-state index in [1.54, 1.807) is 0 Å². The van der Waals surface area contributed by atoms with Gasteiger partial charge in [0.1, 0.15) is 17.9 Å². The summed E-state index contributed by atoms with van der Waals surface area (Å²) in [4.78, 5) is 63.2. The molecule has 0 saturated carbocycles. The fourth-order valence-corrected chi connectivity index (χ4v) is 5.97. The van der Waals surface area contributed by atoms with Crippen molar-refractivity contribution in [2.24, 2.45) is 7.05 Å². The number of thioether (sulfide) groups is 2. The third-order valence-corrected chi connectivity index (χ3v) is 8.13. The Bertz CT molecular complexity index is 1200. The largest absolute Gasteiger partial charge is 0.481 e. The van der Waals surface area contributed by atoms with Crippen molar-refractivity contribution in [3.05, 3.63) is 24.0 Å². The number of anilines is 1. The second-order valence-corrected chi connectivity index (χ2v) is 11.6. The molecule has 0 unspecified atom stereocenters. The third kappa shape index (κ3) is 11.5. The van der Waals surface area contributed by atoms with E-state index in [4.69, 9.17) is 10.1 Å². The SMILES string of the molecule is CC(=O)N[C@H](CSCCN(CCSC[C@@H](NC(C)=O)C(=O)O)c1ccc2c(c1)nc(CCCC(=O)O)n2C)C(=O)O. The van der Waals surface area contributed by atoms with Gasteiger partial charge in [-0.3, -0.25) is 14.4 Å². The second kappa shape index (κ2) is 16.7. The summed E-state index contributed by atoms with van der Waals surface area (Å²) in [5, 5.41) is 32.5. The highest BCUT2D eigenvalue weighted by atomic mass is 32.2. The number of benzene rings is 1. The van der Waals surface area contributed by atoms with Gasteiger partial charge in [0.05, 0.1) is 11.0 Å². The molecule has 2 atom stereocenters. The zero-order valence-electron chi connectivity index (χ0n) is 23.3. The number of carbonyl (C=O) groups is 5. The van der Waals surface area contributed by atoms with Crippen LogP contribution in [0.1, 0.15) is 32.5 Å². The molecule has 5 N–H and O–H groups in total. The minimum Gasteiger partial charge on any atom is -0.481 e. The van der Waals surface area contributed by atoms with Gasteiger partial charge >= 0.3 is 17.9 Å². The number of carboxylic acids is 3. The van der Waals surface area contributed by atoms with Crippen LogP contribution in [-0.2, 0) is 37.4 Å². The Hall–Kier alpha value is -3.46. The molecule has 1 aromatic heterocycles. The van der Waals surface area contributed by atoms with Gasteiger partial charge in [-0.15, -0.1) is 0 Å². The predicted octanol–water partition coefficient (Wildman–Crippen LogP) is 1.43. The summed E-state index contributed by atoms with van der Waals surface area (Å²) in [6, 6.07) is 3.86. The van der Waals surface area contributed by atoms with E-state index >= 15 is 0 Å².